The molecule has 2 amide bonds. The van der Waals surface area contributed by atoms with Gasteiger partial charge in [-0.3, -0.25) is 0 Å². The largest absolute Gasteiger partial charge is 0.473 e. The fourth-order valence-electron chi connectivity index (χ4n) is 1.94. The molecule has 0 aromatic heterocycles. The zero-order valence-corrected chi connectivity index (χ0v) is 13.7. The van der Waals surface area contributed by atoms with Crippen molar-refractivity contribution < 1.29 is 19.1 Å². The first-order chi connectivity index (χ1) is 11.6. The molecule has 0 unspecified atom stereocenters. The van der Waals surface area contributed by atoms with Gasteiger partial charge in [0, 0.05) is 6.54 Å². The Morgan fingerprint density at radius 3 is 2.25 bits per heavy atom. The van der Waals surface area contributed by atoms with Gasteiger partial charge in [0.1, 0.15) is 5.75 Å². The SMILES string of the molecule is COC(=O)c1ccc(CNC(=O)NCOc2ccc(C)cc2)cc1. The number of ether oxygens (including phenoxy) is 2. The number of hydrogen-bond donors (Lipinski definition) is 2. The fourth-order valence-corrected chi connectivity index (χ4v) is 1.94. The summed E-state index contributed by atoms with van der Waals surface area (Å²) in [6.45, 7) is 2.42. The first-order valence-corrected chi connectivity index (χ1v) is 7.47. The summed E-state index contributed by atoms with van der Waals surface area (Å²) < 4.78 is 10.0. The lowest BCUT2D eigenvalue weighted by atomic mass is 10.1. The highest BCUT2D eigenvalue weighted by Gasteiger charge is 2.05. The van der Waals surface area contributed by atoms with Crippen molar-refractivity contribution in [2.24, 2.45) is 0 Å². The van der Waals surface area contributed by atoms with Crippen molar-refractivity contribution in [3.8, 4) is 5.75 Å². The minimum atomic E-state index is -0.388. The highest BCUT2D eigenvalue weighted by atomic mass is 16.5. The van der Waals surface area contributed by atoms with Gasteiger partial charge in [-0.25, -0.2) is 9.59 Å². The summed E-state index contributed by atoms with van der Waals surface area (Å²) in [4.78, 5) is 23.0. The predicted molar refractivity (Wildman–Crippen MR) is 89.8 cm³/mol. The molecule has 2 N–H and O–H groups in total. The van der Waals surface area contributed by atoms with Crippen LogP contribution in [0, 0.1) is 6.92 Å². The average Bonchev–Trinajstić information content (AvgIpc) is 2.61. The molecule has 0 aliphatic heterocycles. The Kier molecular flexibility index (Phi) is 6.19. The Labute approximate surface area is 140 Å². The highest BCUT2D eigenvalue weighted by molar-refractivity contribution is 5.89. The molecule has 0 radical (unpaired) electrons. The maximum Gasteiger partial charge on any atom is 0.337 e. The lowest BCUT2D eigenvalue weighted by molar-refractivity contribution is 0.0600. The first kappa shape index (κ1) is 17.3. The molecule has 0 spiro atoms. The van der Waals surface area contributed by atoms with Crippen LogP contribution in [0.3, 0.4) is 0 Å². The van der Waals surface area contributed by atoms with Crippen molar-refractivity contribution in [1.82, 2.24) is 10.6 Å². The second-order valence-electron chi connectivity index (χ2n) is 5.15. The van der Waals surface area contributed by atoms with Crippen LogP contribution < -0.4 is 15.4 Å². The van der Waals surface area contributed by atoms with Crippen LogP contribution >= 0.6 is 0 Å². The second kappa shape index (κ2) is 8.57. The molecule has 0 saturated heterocycles. The van der Waals surface area contributed by atoms with Crippen molar-refractivity contribution in [2.45, 2.75) is 13.5 Å². The molecule has 0 bridgehead atoms. The Hall–Kier alpha value is -3.02. The van der Waals surface area contributed by atoms with E-state index in [-0.39, 0.29) is 18.7 Å². The number of benzene rings is 2. The zero-order valence-electron chi connectivity index (χ0n) is 13.7. The van der Waals surface area contributed by atoms with E-state index in [0.717, 1.165) is 11.1 Å². The van der Waals surface area contributed by atoms with Gasteiger partial charge in [-0.2, -0.15) is 0 Å². The highest BCUT2D eigenvalue weighted by Crippen LogP contribution is 2.10. The van der Waals surface area contributed by atoms with E-state index in [2.05, 4.69) is 15.4 Å². The minimum absolute atomic E-state index is 0.0795. The van der Waals surface area contributed by atoms with Crippen molar-refractivity contribution >= 4 is 12.0 Å². The third-order valence-electron chi connectivity index (χ3n) is 3.32. The van der Waals surface area contributed by atoms with E-state index in [0.29, 0.717) is 17.9 Å². The number of aryl methyl sites for hydroxylation is 1. The third-order valence-corrected chi connectivity index (χ3v) is 3.32. The Morgan fingerprint density at radius 2 is 1.62 bits per heavy atom. The lowest BCUT2D eigenvalue weighted by Crippen LogP contribution is -2.37. The van der Waals surface area contributed by atoms with Gasteiger partial charge < -0.3 is 20.1 Å². The normalized spacial score (nSPS) is 9.92. The zero-order chi connectivity index (χ0) is 17.4. The smallest absolute Gasteiger partial charge is 0.337 e. The summed E-state index contributed by atoms with van der Waals surface area (Å²) in [5.41, 5.74) is 2.49. The molecule has 2 aromatic rings. The van der Waals surface area contributed by atoms with Crippen LogP contribution in [0.1, 0.15) is 21.5 Å². The van der Waals surface area contributed by atoms with Crippen LogP contribution in [0.25, 0.3) is 0 Å². The lowest BCUT2D eigenvalue weighted by Gasteiger charge is -2.10. The molecular weight excluding hydrogens is 308 g/mol. The van der Waals surface area contributed by atoms with Crippen LogP contribution in [-0.4, -0.2) is 25.8 Å². The number of carbonyl (C=O) groups excluding carboxylic acids is 2. The van der Waals surface area contributed by atoms with Gasteiger partial charge in [-0.1, -0.05) is 29.8 Å². The number of esters is 1. The molecule has 6 nitrogen and oxygen atoms in total. The number of rotatable bonds is 6. The van der Waals surface area contributed by atoms with Crippen LogP contribution in [0.5, 0.6) is 5.75 Å². The summed E-state index contributed by atoms with van der Waals surface area (Å²) >= 11 is 0. The number of urea groups is 1. The molecule has 6 heteroatoms. The van der Waals surface area contributed by atoms with E-state index in [1.54, 1.807) is 24.3 Å². The number of methoxy groups -OCH3 is 1. The molecular formula is C18H20N2O4. The van der Waals surface area contributed by atoms with Crippen molar-refractivity contribution in [2.75, 3.05) is 13.8 Å². The van der Waals surface area contributed by atoms with Crippen LogP contribution in [0.15, 0.2) is 48.5 Å². The number of carbonyl (C=O) groups is 2. The average molecular weight is 328 g/mol. The quantitative estimate of drug-likeness (QED) is 0.631. The van der Waals surface area contributed by atoms with E-state index < -0.39 is 0 Å². The van der Waals surface area contributed by atoms with Gasteiger partial charge in [0.2, 0.25) is 0 Å². The summed E-state index contributed by atoms with van der Waals surface area (Å²) in [6.07, 6.45) is 0. The summed E-state index contributed by atoms with van der Waals surface area (Å²) in [5, 5.41) is 5.32. The van der Waals surface area contributed by atoms with Gasteiger partial charge in [-0.15, -0.1) is 0 Å². The van der Waals surface area contributed by atoms with E-state index in [4.69, 9.17) is 4.74 Å². The standard InChI is InChI=1S/C18H20N2O4/c1-13-3-9-16(10-4-13)24-12-20-18(22)19-11-14-5-7-15(8-6-14)17(21)23-2/h3-10H,11-12H2,1-2H3,(H2,19,20,22). The van der Waals surface area contributed by atoms with E-state index in [1.807, 2.05) is 31.2 Å². The van der Waals surface area contributed by atoms with Gasteiger partial charge in [0.25, 0.3) is 0 Å². The van der Waals surface area contributed by atoms with Crippen molar-refractivity contribution in [3.63, 3.8) is 0 Å². The Morgan fingerprint density at radius 1 is 0.958 bits per heavy atom. The topological polar surface area (TPSA) is 76.7 Å². The summed E-state index contributed by atoms with van der Waals surface area (Å²) in [5.74, 6) is 0.305. The summed E-state index contributed by atoms with van der Waals surface area (Å²) in [7, 11) is 1.33. The van der Waals surface area contributed by atoms with Crippen LogP contribution in [0.2, 0.25) is 0 Å². The molecule has 2 rings (SSSR count). The molecule has 0 fully saturated rings. The fraction of sp³-hybridized carbons (Fsp3) is 0.222. The maximum atomic E-state index is 11.7. The van der Waals surface area contributed by atoms with E-state index in [1.165, 1.54) is 7.11 Å². The molecule has 126 valence electrons. The van der Waals surface area contributed by atoms with Crippen LogP contribution in [-0.2, 0) is 11.3 Å². The second-order valence-corrected chi connectivity index (χ2v) is 5.15. The molecule has 0 aliphatic rings. The van der Waals surface area contributed by atoms with Gasteiger partial charge in [-0.05, 0) is 36.8 Å². The molecule has 0 atom stereocenters. The molecule has 24 heavy (non-hydrogen) atoms. The molecule has 0 saturated carbocycles. The third kappa shape index (κ3) is 5.31. The number of nitrogens with one attached hydrogen (secondary N) is 2. The Balaban J connectivity index is 1.71. The monoisotopic (exact) mass is 328 g/mol. The van der Waals surface area contributed by atoms with Crippen molar-refractivity contribution in [3.05, 3.63) is 65.2 Å². The minimum Gasteiger partial charge on any atom is -0.473 e. The first-order valence-electron chi connectivity index (χ1n) is 7.47. The molecule has 0 heterocycles. The predicted octanol–water partition coefficient (Wildman–Crippen LogP) is 2.62. The molecule has 2 aromatic carbocycles. The van der Waals surface area contributed by atoms with Crippen molar-refractivity contribution in [1.29, 1.82) is 0 Å². The maximum absolute atomic E-state index is 11.7. The number of hydrogen-bond acceptors (Lipinski definition) is 4. The van der Waals surface area contributed by atoms with E-state index in [9.17, 15) is 9.59 Å². The Bertz CT molecular complexity index is 681. The van der Waals surface area contributed by atoms with Gasteiger partial charge in [0.15, 0.2) is 6.73 Å². The molecule has 0 aliphatic carbocycles. The summed E-state index contributed by atoms with van der Waals surface area (Å²) in [6, 6.07) is 14.1. The number of amides is 2. The van der Waals surface area contributed by atoms with Gasteiger partial charge in [0.05, 0.1) is 12.7 Å². The van der Waals surface area contributed by atoms with Crippen LogP contribution in [0.4, 0.5) is 4.79 Å². The van der Waals surface area contributed by atoms with E-state index >= 15 is 0 Å². The van der Waals surface area contributed by atoms with Gasteiger partial charge >= 0.3 is 12.0 Å².